The first-order chi connectivity index (χ1) is 11.9. The molecule has 1 N–H and O–H groups in total. The van der Waals surface area contributed by atoms with Crippen LogP contribution < -0.4 is 5.32 Å². The van der Waals surface area contributed by atoms with E-state index in [1.807, 2.05) is 37.3 Å². The van der Waals surface area contributed by atoms with Gasteiger partial charge >= 0.3 is 5.97 Å². The lowest BCUT2D eigenvalue weighted by Crippen LogP contribution is -2.48. The quantitative estimate of drug-likeness (QED) is 0.660. The van der Waals surface area contributed by atoms with Gasteiger partial charge in [0.1, 0.15) is 6.04 Å². The maximum Gasteiger partial charge on any atom is 0.328 e. The van der Waals surface area contributed by atoms with Gasteiger partial charge < -0.3 is 14.8 Å². The summed E-state index contributed by atoms with van der Waals surface area (Å²) in [5, 5.41) is 2.83. The summed E-state index contributed by atoms with van der Waals surface area (Å²) in [5.41, 5.74) is 0.966. The molecule has 1 amide bonds. The van der Waals surface area contributed by atoms with E-state index in [4.69, 9.17) is 9.47 Å². The van der Waals surface area contributed by atoms with E-state index in [-0.39, 0.29) is 23.8 Å². The highest BCUT2D eigenvalue weighted by Crippen LogP contribution is 2.21. The molecule has 0 spiro atoms. The van der Waals surface area contributed by atoms with E-state index in [0.717, 1.165) is 18.4 Å². The van der Waals surface area contributed by atoms with Crippen LogP contribution in [0.3, 0.4) is 0 Å². The van der Waals surface area contributed by atoms with E-state index in [1.54, 1.807) is 7.11 Å². The van der Waals surface area contributed by atoms with E-state index in [9.17, 15) is 9.59 Å². The van der Waals surface area contributed by atoms with Crippen LogP contribution >= 0.6 is 0 Å². The summed E-state index contributed by atoms with van der Waals surface area (Å²) in [6.07, 6.45) is 2.23. The predicted molar refractivity (Wildman–Crippen MR) is 98.1 cm³/mol. The minimum absolute atomic E-state index is 0.185. The molecule has 0 radical (unpaired) electrons. The summed E-state index contributed by atoms with van der Waals surface area (Å²) in [6.45, 7) is 6.04. The second-order valence-corrected chi connectivity index (χ2v) is 6.53. The van der Waals surface area contributed by atoms with Gasteiger partial charge in [-0.15, -0.1) is 0 Å². The Kier molecular flexibility index (Phi) is 9.21. The number of methoxy groups -OCH3 is 2. The number of carbonyl (C=O) groups excluding carboxylic acids is 2. The normalized spacial score (nSPS) is 15.7. The molecule has 25 heavy (non-hydrogen) atoms. The molecule has 0 saturated heterocycles. The van der Waals surface area contributed by atoms with Crippen molar-refractivity contribution in [1.29, 1.82) is 0 Å². The first kappa shape index (κ1) is 21.2. The monoisotopic (exact) mass is 349 g/mol. The van der Waals surface area contributed by atoms with Crippen molar-refractivity contribution in [2.45, 2.75) is 52.2 Å². The summed E-state index contributed by atoms with van der Waals surface area (Å²) in [6, 6.07) is 8.86. The lowest BCUT2D eigenvalue weighted by Gasteiger charge is -2.28. The van der Waals surface area contributed by atoms with Crippen LogP contribution in [-0.4, -0.2) is 38.2 Å². The summed E-state index contributed by atoms with van der Waals surface area (Å²) >= 11 is 0. The van der Waals surface area contributed by atoms with Crippen molar-refractivity contribution < 1.29 is 19.1 Å². The number of ether oxygens (including phenoxy) is 2. The van der Waals surface area contributed by atoms with Crippen molar-refractivity contribution in [1.82, 2.24) is 5.32 Å². The number of amides is 1. The molecule has 0 aliphatic rings. The summed E-state index contributed by atoms with van der Waals surface area (Å²) in [4.78, 5) is 24.8. The van der Waals surface area contributed by atoms with E-state index in [0.29, 0.717) is 6.42 Å². The first-order valence-electron chi connectivity index (χ1n) is 8.89. The van der Waals surface area contributed by atoms with Crippen LogP contribution in [0.1, 0.15) is 39.2 Å². The molecule has 5 nitrogen and oxygen atoms in total. The summed E-state index contributed by atoms with van der Waals surface area (Å²) in [5.74, 6) is -0.725. The van der Waals surface area contributed by atoms with Crippen molar-refractivity contribution in [3.63, 3.8) is 0 Å². The number of benzene rings is 1. The van der Waals surface area contributed by atoms with Gasteiger partial charge in [0.2, 0.25) is 5.91 Å². The molecule has 0 fully saturated rings. The fraction of sp³-hybridized carbons (Fsp3) is 0.600. The van der Waals surface area contributed by atoms with Crippen LogP contribution in [0, 0.1) is 11.8 Å². The highest BCUT2D eigenvalue weighted by Gasteiger charge is 2.31. The lowest BCUT2D eigenvalue weighted by molar-refractivity contribution is -0.146. The zero-order valence-corrected chi connectivity index (χ0v) is 16.0. The average Bonchev–Trinajstić information content (AvgIpc) is 2.62. The largest absolute Gasteiger partial charge is 0.467 e. The van der Waals surface area contributed by atoms with Crippen molar-refractivity contribution in [2.75, 3.05) is 14.2 Å². The van der Waals surface area contributed by atoms with Gasteiger partial charge in [0.15, 0.2) is 0 Å². The van der Waals surface area contributed by atoms with Crippen molar-refractivity contribution in [3.05, 3.63) is 35.9 Å². The fourth-order valence-electron chi connectivity index (χ4n) is 3.19. The Morgan fingerprint density at radius 2 is 1.76 bits per heavy atom. The molecule has 4 atom stereocenters. The molecule has 0 heterocycles. The Hall–Kier alpha value is -1.88. The number of carbonyl (C=O) groups is 2. The van der Waals surface area contributed by atoms with E-state index in [1.165, 1.54) is 7.11 Å². The van der Waals surface area contributed by atoms with Gasteiger partial charge in [0.05, 0.1) is 19.1 Å². The molecule has 0 aliphatic carbocycles. The Morgan fingerprint density at radius 1 is 1.12 bits per heavy atom. The Labute approximate surface area is 151 Å². The Morgan fingerprint density at radius 3 is 2.28 bits per heavy atom. The van der Waals surface area contributed by atoms with Crippen molar-refractivity contribution in [2.24, 2.45) is 11.8 Å². The van der Waals surface area contributed by atoms with Crippen LogP contribution in [-0.2, 0) is 25.5 Å². The standard InChI is InChI=1S/C20H31NO4/c1-6-10-14(2)18(24-4)15(3)19(22)21-17(20(23)25-5)13-16-11-8-7-9-12-16/h7-9,11-12,14-15,17-18H,6,10,13H2,1-5H3,(H,21,22). The molecule has 0 bridgehead atoms. The van der Waals surface area contributed by atoms with Gasteiger partial charge in [-0.05, 0) is 17.9 Å². The molecule has 1 aromatic rings. The Balaban J connectivity index is 2.81. The topological polar surface area (TPSA) is 64.6 Å². The fourth-order valence-corrected chi connectivity index (χ4v) is 3.19. The first-order valence-corrected chi connectivity index (χ1v) is 8.89. The zero-order valence-electron chi connectivity index (χ0n) is 16.0. The van der Waals surface area contributed by atoms with Crippen LogP contribution in [0.25, 0.3) is 0 Å². The molecule has 140 valence electrons. The van der Waals surface area contributed by atoms with Crippen molar-refractivity contribution >= 4 is 11.9 Å². The number of esters is 1. The van der Waals surface area contributed by atoms with Crippen LogP contribution in [0.4, 0.5) is 0 Å². The highest BCUT2D eigenvalue weighted by atomic mass is 16.5. The van der Waals surface area contributed by atoms with Crippen molar-refractivity contribution in [3.8, 4) is 0 Å². The highest BCUT2D eigenvalue weighted by molar-refractivity contribution is 5.86. The second-order valence-electron chi connectivity index (χ2n) is 6.53. The predicted octanol–water partition coefficient (Wildman–Crippen LogP) is 2.97. The number of hydrogen-bond donors (Lipinski definition) is 1. The molecular formula is C20H31NO4. The Bertz CT molecular complexity index is 532. The van der Waals surface area contributed by atoms with E-state index >= 15 is 0 Å². The molecule has 0 saturated carbocycles. The average molecular weight is 349 g/mol. The third-order valence-electron chi connectivity index (χ3n) is 4.57. The van der Waals surface area contributed by atoms with Gasteiger partial charge in [-0.2, -0.15) is 0 Å². The van der Waals surface area contributed by atoms with Crippen LogP contribution in [0.2, 0.25) is 0 Å². The maximum absolute atomic E-state index is 12.7. The SMILES string of the molecule is CCCC(C)C(OC)C(C)C(=O)NC(Cc1ccccc1)C(=O)OC. The van der Waals surface area contributed by atoms with E-state index < -0.39 is 12.0 Å². The smallest absolute Gasteiger partial charge is 0.328 e. The zero-order chi connectivity index (χ0) is 18.8. The van der Waals surface area contributed by atoms with Gasteiger partial charge in [-0.3, -0.25) is 4.79 Å². The molecule has 1 aromatic carbocycles. The minimum atomic E-state index is -0.707. The van der Waals surface area contributed by atoms with E-state index in [2.05, 4.69) is 19.2 Å². The second kappa shape index (κ2) is 10.9. The van der Waals surface area contributed by atoms with Gasteiger partial charge in [-0.1, -0.05) is 57.5 Å². The maximum atomic E-state index is 12.7. The molecule has 0 aromatic heterocycles. The molecule has 5 heteroatoms. The summed E-state index contributed by atoms with van der Waals surface area (Å²) in [7, 11) is 2.96. The third kappa shape index (κ3) is 6.50. The molecular weight excluding hydrogens is 318 g/mol. The van der Waals surface area contributed by atoms with Gasteiger partial charge in [0, 0.05) is 13.5 Å². The lowest BCUT2D eigenvalue weighted by atomic mass is 9.89. The number of hydrogen-bond acceptors (Lipinski definition) is 4. The van der Waals surface area contributed by atoms with Gasteiger partial charge in [-0.25, -0.2) is 4.79 Å². The minimum Gasteiger partial charge on any atom is -0.467 e. The third-order valence-corrected chi connectivity index (χ3v) is 4.57. The molecule has 4 unspecified atom stereocenters. The number of nitrogens with one attached hydrogen (secondary N) is 1. The molecule has 1 rings (SSSR count). The van der Waals surface area contributed by atoms with Crippen LogP contribution in [0.5, 0.6) is 0 Å². The van der Waals surface area contributed by atoms with Gasteiger partial charge in [0.25, 0.3) is 0 Å². The van der Waals surface area contributed by atoms with Crippen LogP contribution in [0.15, 0.2) is 30.3 Å². The molecule has 0 aliphatic heterocycles. The number of rotatable bonds is 10. The summed E-state index contributed by atoms with van der Waals surface area (Å²) < 4.78 is 10.4.